The molecule has 1 aromatic carbocycles. The minimum atomic E-state index is -0.170. The van der Waals surface area contributed by atoms with Crippen LogP contribution in [0.1, 0.15) is 24.8 Å². The molecule has 1 saturated heterocycles. The number of hydrogen-bond donors (Lipinski definition) is 2. The zero-order chi connectivity index (χ0) is 15.1. The van der Waals surface area contributed by atoms with Gasteiger partial charge in [-0.2, -0.15) is 0 Å². The second-order valence-corrected chi connectivity index (χ2v) is 5.49. The summed E-state index contributed by atoms with van der Waals surface area (Å²) in [4.78, 5) is 14.5. The molecule has 1 aromatic rings. The molecule has 5 heteroatoms. The van der Waals surface area contributed by atoms with Crippen molar-refractivity contribution in [2.24, 2.45) is 0 Å². The van der Waals surface area contributed by atoms with Gasteiger partial charge in [-0.15, -0.1) is 0 Å². The van der Waals surface area contributed by atoms with Crippen LogP contribution in [0, 0.1) is 0 Å². The van der Waals surface area contributed by atoms with Gasteiger partial charge in [0.15, 0.2) is 0 Å². The van der Waals surface area contributed by atoms with Crippen LogP contribution >= 0.6 is 0 Å². The topological polar surface area (TPSA) is 67.6 Å². The number of rotatable bonds is 6. The Balaban J connectivity index is 1.69. The Morgan fingerprint density at radius 3 is 2.90 bits per heavy atom. The molecule has 1 unspecified atom stereocenters. The molecule has 2 rings (SSSR count). The molecule has 1 atom stereocenters. The first-order chi connectivity index (χ1) is 10.2. The highest BCUT2D eigenvalue weighted by molar-refractivity contribution is 5.83. The van der Waals surface area contributed by atoms with Crippen LogP contribution in [0.5, 0.6) is 0 Å². The van der Waals surface area contributed by atoms with Gasteiger partial charge >= 0.3 is 0 Å². The lowest BCUT2D eigenvalue weighted by Crippen LogP contribution is -2.38. The third kappa shape index (κ3) is 5.02. The number of amides is 1. The van der Waals surface area contributed by atoms with E-state index in [0.717, 1.165) is 44.8 Å². The second kappa shape index (κ2) is 8.00. The van der Waals surface area contributed by atoms with Crippen molar-refractivity contribution >= 4 is 11.6 Å². The van der Waals surface area contributed by atoms with E-state index < -0.39 is 0 Å². The molecular weight excluding hydrogens is 266 g/mol. The van der Waals surface area contributed by atoms with Crippen molar-refractivity contribution in [3.05, 3.63) is 29.8 Å². The standard InChI is InChI=1S/C16H25N3O2/c1-13(14-4-2-5-15(17)12-14)16(20)18-6-3-7-19-8-10-21-11-9-19/h2,4-5,12-13H,3,6-11,17H2,1H3,(H,18,20). The fourth-order valence-electron chi connectivity index (χ4n) is 2.47. The first-order valence-electron chi connectivity index (χ1n) is 7.60. The number of nitrogens with two attached hydrogens (primary N) is 1. The first kappa shape index (κ1) is 15.8. The van der Waals surface area contributed by atoms with E-state index in [1.807, 2.05) is 31.2 Å². The normalized spacial score (nSPS) is 17.4. The zero-order valence-corrected chi connectivity index (χ0v) is 12.7. The van der Waals surface area contributed by atoms with Crippen molar-refractivity contribution in [1.82, 2.24) is 10.2 Å². The van der Waals surface area contributed by atoms with E-state index in [1.165, 1.54) is 0 Å². The van der Waals surface area contributed by atoms with E-state index in [-0.39, 0.29) is 11.8 Å². The number of nitrogens with zero attached hydrogens (tertiary/aromatic N) is 1. The molecule has 0 aliphatic carbocycles. The highest BCUT2D eigenvalue weighted by atomic mass is 16.5. The van der Waals surface area contributed by atoms with E-state index in [1.54, 1.807) is 0 Å². The summed E-state index contributed by atoms with van der Waals surface area (Å²) in [5, 5.41) is 3.00. The Labute approximate surface area is 126 Å². The minimum Gasteiger partial charge on any atom is -0.399 e. The smallest absolute Gasteiger partial charge is 0.227 e. The fraction of sp³-hybridized carbons (Fsp3) is 0.562. The molecule has 0 radical (unpaired) electrons. The summed E-state index contributed by atoms with van der Waals surface area (Å²) in [6.07, 6.45) is 0.968. The Morgan fingerprint density at radius 2 is 2.19 bits per heavy atom. The van der Waals surface area contributed by atoms with Crippen LogP contribution in [0.3, 0.4) is 0 Å². The zero-order valence-electron chi connectivity index (χ0n) is 12.7. The lowest BCUT2D eigenvalue weighted by atomic mass is 10.00. The molecule has 5 nitrogen and oxygen atoms in total. The molecule has 116 valence electrons. The number of morpholine rings is 1. The molecule has 0 saturated carbocycles. The summed E-state index contributed by atoms with van der Waals surface area (Å²) < 4.78 is 5.31. The van der Waals surface area contributed by atoms with Crippen molar-refractivity contribution < 1.29 is 9.53 Å². The molecule has 0 spiro atoms. The molecule has 1 fully saturated rings. The van der Waals surface area contributed by atoms with Gasteiger partial charge in [-0.05, 0) is 37.6 Å². The molecule has 21 heavy (non-hydrogen) atoms. The summed E-state index contributed by atoms with van der Waals surface area (Å²) in [5.74, 6) is -0.112. The summed E-state index contributed by atoms with van der Waals surface area (Å²) in [5.41, 5.74) is 7.41. The Kier molecular flexibility index (Phi) is 6.02. The third-order valence-corrected chi connectivity index (χ3v) is 3.86. The van der Waals surface area contributed by atoms with Gasteiger partial charge < -0.3 is 15.8 Å². The van der Waals surface area contributed by atoms with Crippen molar-refractivity contribution in [2.45, 2.75) is 19.3 Å². The maximum absolute atomic E-state index is 12.1. The number of ether oxygens (including phenoxy) is 1. The van der Waals surface area contributed by atoms with Gasteiger partial charge in [-0.1, -0.05) is 12.1 Å². The summed E-state index contributed by atoms with van der Waals surface area (Å²) >= 11 is 0. The van der Waals surface area contributed by atoms with E-state index in [9.17, 15) is 4.79 Å². The average molecular weight is 291 g/mol. The first-order valence-corrected chi connectivity index (χ1v) is 7.60. The lowest BCUT2D eigenvalue weighted by Gasteiger charge is -2.26. The van der Waals surface area contributed by atoms with E-state index in [4.69, 9.17) is 10.5 Å². The lowest BCUT2D eigenvalue weighted by molar-refractivity contribution is -0.122. The van der Waals surface area contributed by atoms with Crippen LogP contribution in [-0.4, -0.2) is 50.2 Å². The van der Waals surface area contributed by atoms with Gasteiger partial charge in [0.1, 0.15) is 0 Å². The van der Waals surface area contributed by atoms with Gasteiger partial charge in [0.05, 0.1) is 19.1 Å². The maximum atomic E-state index is 12.1. The SMILES string of the molecule is CC(C(=O)NCCCN1CCOCC1)c1cccc(N)c1. The number of nitrogen functional groups attached to an aromatic ring is 1. The van der Waals surface area contributed by atoms with Gasteiger partial charge in [0.25, 0.3) is 0 Å². The fourth-order valence-corrected chi connectivity index (χ4v) is 2.47. The molecule has 1 heterocycles. The Morgan fingerprint density at radius 1 is 1.43 bits per heavy atom. The highest BCUT2D eigenvalue weighted by Gasteiger charge is 2.15. The van der Waals surface area contributed by atoms with Crippen molar-refractivity contribution in [1.29, 1.82) is 0 Å². The number of benzene rings is 1. The van der Waals surface area contributed by atoms with Crippen LogP contribution in [0.15, 0.2) is 24.3 Å². The molecule has 0 aromatic heterocycles. The van der Waals surface area contributed by atoms with Crippen molar-refractivity contribution in [3.63, 3.8) is 0 Å². The molecular formula is C16H25N3O2. The van der Waals surface area contributed by atoms with Crippen LogP contribution in [0.25, 0.3) is 0 Å². The molecule has 3 N–H and O–H groups in total. The van der Waals surface area contributed by atoms with Gasteiger partial charge in [-0.3, -0.25) is 9.69 Å². The number of carbonyl (C=O) groups is 1. The van der Waals surface area contributed by atoms with Gasteiger partial charge in [-0.25, -0.2) is 0 Å². The largest absolute Gasteiger partial charge is 0.399 e. The number of anilines is 1. The van der Waals surface area contributed by atoms with Gasteiger partial charge in [0, 0.05) is 25.3 Å². The maximum Gasteiger partial charge on any atom is 0.227 e. The van der Waals surface area contributed by atoms with E-state index >= 15 is 0 Å². The van der Waals surface area contributed by atoms with Crippen LogP contribution < -0.4 is 11.1 Å². The molecule has 1 aliphatic heterocycles. The van der Waals surface area contributed by atoms with Crippen LogP contribution in [-0.2, 0) is 9.53 Å². The Bertz CT molecular complexity index is 459. The third-order valence-electron chi connectivity index (χ3n) is 3.86. The van der Waals surface area contributed by atoms with Crippen molar-refractivity contribution in [3.8, 4) is 0 Å². The highest BCUT2D eigenvalue weighted by Crippen LogP contribution is 2.17. The average Bonchev–Trinajstić information content (AvgIpc) is 2.51. The summed E-state index contributed by atoms with van der Waals surface area (Å²) in [6.45, 7) is 7.25. The number of hydrogen-bond acceptors (Lipinski definition) is 4. The van der Waals surface area contributed by atoms with Crippen LogP contribution in [0.4, 0.5) is 5.69 Å². The molecule has 1 amide bonds. The quantitative estimate of drug-likeness (QED) is 0.611. The van der Waals surface area contributed by atoms with E-state index in [0.29, 0.717) is 12.2 Å². The van der Waals surface area contributed by atoms with Crippen LogP contribution in [0.2, 0.25) is 0 Å². The number of nitrogens with one attached hydrogen (secondary N) is 1. The summed E-state index contributed by atoms with van der Waals surface area (Å²) in [7, 11) is 0. The predicted octanol–water partition coefficient (Wildman–Crippen LogP) is 1.21. The molecule has 0 bridgehead atoms. The second-order valence-electron chi connectivity index (χ2n) is 5.49. The van der Waals surface area contributed by atoms with E-state index in [2.05, 4.69) is 10.2 Å². The minimum absolute atomic E-state index is 0.0579. The van der Waals surface area contributed by atoms with Crippen molar-refractivity contribution in [2.75, 3.05) is 45.1 Å². The monoisotopic (exact) mass is 291 g/mol. The summed E-state index contributed by atoms with van der Waals surface area (Å²) in [6, 6.07) is 7.51. The number of carbonyl (C=O) groups excluding carboxylic acids is 1. The van der Waals surface area contributed by atoms with Gasteiger partial charge in [0.2, 0.25) is 5.91 Å². The molecule has 1 aliphatic rings. The predicted molar refractivity (Wildman–Crippen MR) is 84.2 cm³/mol. The Hall–Kier alpha value is -1.59.